The third-order valence-corrected chi connectivity index (χ3v) is 5.73. The highest BCUT2D eigenvalue weighted by Crippen LogP contribution is 2.33. The Morgan fingerprint density at radius 3 is 2.77 bits per heavy atom. The minimum Gasteiger partial charge on any atom is -0.377 e. The monoisotopic (exact) mass is 528 g/mol. The maximum absolute atomic E-state index is 12.7. The van der Waals surface area contributed by atoms with Crippen LogP contribution in [-0.4, -0.2) is 50.8 Å². The number of carbonyl (C=O) groups is 1. The van der Waals surface area contributed by atoms with Crippen LogP contribution in [0.2, 0.25) is 0 Å². The number of anilines is 1. The van der Waals surface area contributed by atoms with E-state index in [1.165, 1.54) is 5.56 Å². The normalized spacial score (nSPS) is 21.6. The van der Waals surface area contributed by atoms with Gasteiger partial charge in [-0.25, -0.2) is 4.99 Å². The largest absolute Gasteiger partial charge is 0.377 e. The number of hydrogen-bond donors (Lipinski definition) is 2. The van der Waals surface area contributed by atoms with Crippen LogP contribution in [-0.2, 0) is 16.0 Å². The SMILES string of the molecule is CCNC(=NCC(=O)N1CCc2ccccc21)NCC1CCCOC1C(C)(C)C.I. The van der Waals surface area contributed by atoms with Crippen LogP contribution >= 0.6 is 24.0 Å². The molecule has 3 rings (SSSR count). The Hall–Kier alpha value is -1.35. The summed E-state index contributed by atoms with van der Waals surface area (Å²) in [6, 6.07) is 8.12. The molecule has 2 atom stereocenters. The van der Waals surface area contributed by atoms with Crippen molar-refractivity contribution in [3.05, 3.63) is 29.8 Å². The molecule has 1 saturated heterocycles. The summed E-state index contributed by atoms with van der Waals surface area (Å²) in [6.07, 6.45) is 3.39. The van der Waals surface area contributed by atoms with E-state index in [1.54, 1.807) is 0 Å². The molecule has 0 spiro atoms. The van der Waals surface area contributed by atoms with Crippen LogP contribution in [0.15, 0.2) is 29.3 Å². The van der Waals surface area contributed by atoms with Crippen LogP contribution in [0.3, 0.4) is 0 Å². The van der Waals surface area contributed by atoms with Crippen LogP contribution < -0.4 is 15.5 Å². The molecule has 0 radical (unpaired) electrons. The van der Waals surface area contributed by atoms with Crippen molar-refractivity contribution in [1.29, 1.82) is 0 Å². The van der Waals surface area contributed by atoms with Crippen LogP contribution in [0.25, 0.3) is 0 Å². The van der Waals surface area contributed by atoms with Gasteiger partial charge in [0.25, 0.3) is 0 Å². The molecule has 168 valence electrons. The molecule has 2 heterocycles. The molecule has 1 amide bonds. The Kier molecular flexibility index (Phi) is 9.40. The number of benzene rings is 1. The quantitative estimate of drug-likeness (QED) is 0.349. The van der Waals surface area contributed by atoms with Crippen molar-refractivity contribution >= 4 is 41.5 Å². The molecule has 7 heteroatoms. The highest BCUT2D eigenvalue weighted by molar-refractivity contribution is 14.0. The number of ether oxygens (including phenoxy) is 1. The number of carbonyl (C=O) groups excluding carboxylic acids is 1. The number of halogens is 1. The first-order valence-electron chi connectivity index (χ1n) is 10.9. The predicted molar refractivity (Wildman–Crippen MR) is 134 cm³/mol. The summed E-state index contributed by atoms with van der Waals surface area (Å²) in [6.45, 7) is 12.0. The summed E-state index contributed by atoms with van der Waals surface area (Å²) >= 11 is 0. The lowest BCUT2D eigenvalue weighted by atomic mass is 9.78. The van der Waals surface area contributed by atoms with E-state index in [-0.39, 0.29) is 47.9 Å². The van der Waals surface area contributed by atoms with Crippen molar-refractivity contribution in [2.24, 2.45) is 16.3 Å². The Labute approximate surface area is 198 Å². The number of hydrogen-bond acceptors (Lipinski definition) is 3. The van der Waals surface area contributed by atoms with Gasteiger partial charge in [0.1, 0.15) is 6.54 Å². The van der Waals surface area contributed by atoms with Crippen molar-refractivity contribution in [2.45, 2.75) is 53.1 Å². The molecule has 30 heavy (non-hydrogen) atoms. The smallest absolute Gasteiger partial charge is 0.248 e. The highest BCUT2D eigenvalue weighted by Gasteiger charge is 2.35. The summed E-state index contributed by atoms with van der Waals surface area (Å²) in [4.78, 5) is 19.2. The molecule has 0 aromatic heterocycles. The lowest BCUT2D eigenvalue weighted by Crippen LogP contribution is -2.47. The van der Waals surface area contributed by atoms with Gasteiger partial charge in [-0.05, 0) is 43.2 Å². The first-order chi connectivity index (χ1) is 13.9. The minimum atomic E-state index is 0. The van der Waals surface area contributed by atoms with Crippen molar-refractivity contribution in [3.63, 3.8) is 0 Å². The maximum atomic E-state index is 12.7. The average molecular weight is 528 g/mol. The first kappa shape index (κ1) is 24.9. The maximum Gasteiger partial charge on any atom is 0.248 e. The van der Waals surface area contributed by atoms with Gasteiger partial charge in [-0.3, -0.25) is 4.79 Å². The van der Waals surface area contributed by atoms with E-state index in [2.05, 4.69) is 42.5 Å². The highest BCUT2D eigenvalue weighted by atomic mass is 127. The average Bonchev–Trinajstić information content (AvgIpc) is 3.13. The number of nitrogens with zero attached hydrogens (tertiary/aromatic N) is 2. The van der Waals surface area contributed by atoms with Crippen LogP contribution in [0.5, 0.6) is 0 Å². The Morgan fingerprint density at radius 1 is 1.27 bits per heavy atom. The predicted octanol–water partition coefficient (Wildman–Crippen LogP) is 3.59. The number of aliphatic imine (C=N–C) groups is 1. The molecule has 2 N–H and O–H groups in total. The summed E-state index contributed by atoms with van der Waals surface area (Å²) in [7, 11) is 0. The topological polar surface area (TPSA) is 66.0 Å². The van der Waals surface area contributed by atoms with Gasteiger partial charge in [0.2, 0.25) is 5.91 Å². The van der Waals surface area contributed by atoms with Crippen LogP contribution in [0.1, 0.15) is 46.1 Å². The van der Waals surface area contributed by atoms with Crippen molar-refractivity contribution in [2.75, 3.05) is 37.7 Å². The molecule has 1 aromatic carbocycles. The second-order valence-corrected chi connectivity index (χ2v) is 9.06. The van der Waals surface area contributed by atoms with Crippen LogP contribution in [0, 0.1) is 11.3 Å². The second kappa shape index (κ2) is 11.3. The number of para-hydroxylation sites is 1. The molecule has 0 aliphatic carbocycles. The fraction of sp³-hybridized carbons (Fsp3) is 0.652. The van der Waals surface area contributed by atoms with E-state index in [0.717, 1.165) is 51.2 Å². The molecule has 1 fully saturated rings. The van der Waals surface area contributed by atoms with Crippen molar-refractivity contribution < 1.29 is 9.53 Å². The van der Waals surface area contributed by atoms with Crippen molar-refractivity contribution in [3.8, 4) is 0 Å². The number of guanidine groups is 1. The zero-order chi connectivity index (χ0) is 20.9. The number of amides is 1. The van der Waals surface area contributed by atoms with Gasteiger partial charge in [-0.15, -0.1) is 24.0 Å². The van der Waals surface area contributed by atoms with Gasteiger partial charge in [-0.1, -0.05) is 39.0 Å². The third kappa shape index (κ3) is 6.33. The molecular weight excluding hydrogens is 491 g/mol. The number of fused-ring (bicyclic) bond motifs is 1. The fourth-order valence-corrected chi connectivity index (χ4v) is 4.41. The standard InChI is InChI=1S/C23H36N4O2.HI/c1-5-24-22(25-15-18-10-8-14-29-21(18)23(2,3)4)26-16-20(28)27-13-12-17-9-6-7-11-19(17)27;/h6-7,9,11,18,21H,5,8,10,12-16H2,1-4H3,(H2,24,25,26);1H. The van der Waals surface area contributed by atoms with E-state index >= 15 is 0 Å². The minimum absolute atomic E-state index is 0. The van der Waals surface area contributed by atoms with Crippen LogP contribution in [0.4, 0.5) is 5.69 Å². The Bertz CT molecular complexity index is 732. The lowest BCUT2D eigenvalue weighted by Gasteiger charge is -2.40. The van der Waals surface area contributed by atoms with Gasteiger partial charge >= 0.3 is 0 Å². The van der Waals surface area contributed by atoms with E-state index in [1.807, 2.05) is 30.0 Å². The molecule has 2 aliphatic rings. The number of rotatable bonds is 5. The Balaban J connectivity index is 0.00000320. The summed E-state index contributed by atoms with van der Waals surface area (Å²) in [5.74, 6) is 1.18. The zero-order valence-corrected chi connectivity index (χ0v) is 21.1. The van der Waals surface area contributed by atoms with E-state index < -0.39 is 0 Å². The molecule has 6 nitrogen and oxygen atoms in total. The van der Waals surface area contributed by atoms with Gasteiger partial charge in [0.05, 0.1) is 6.10 Å². The van der Waals surface area contributed by atoms with E-state index in [0.29, 0.717) is 11.9 Å². The summed E-state index contributed by atoms with van der Waals surface area (Å²) < 4.78 is 6.09. The summed E-state index contributed by atoms with van der Waals surface area (Å²) in [5.41, 5.74) is 2.37. The van der Waals surface area contributed by atoms with Crippen molar-refractivity contribution in [1.82, 2.24) is 10.6 Å². The fourth-order valence-electron chi connectivity index (χ4n) is 4.41. The van der Waals surface area contributed by atoms with Gasteiger partial charge < -0.3 is 20.3 Å². The molecule has 1 aromatic rings. The van der Waals surface area contributed by atoms with Gasteiger partial charge in [-0.2, -0.15) is 0 Å². The lowest BCUT2D eigenvalue weighted by molar-refractivity contribution is -0.117. The third-order valence-electron chi connectivity index (χ3n) is 5.73. The van der Waals surface area contributed by atoms with E-state index in [9.17, 15) is 4.79 Å². The van der Waals surface area contributed by atoms with E-state index in [4.69, 9.17) is 4.74 Å². The second-order valence-electron chi connectivity index (χ2n) is 9.06. The van der Waals surface area contributed by atoms with Gasteiger partial charge in [0.15, 0.2) is 5.96 Å². The van der Waals surface area contributed by atoms with Gasteiger partial charge in [0, 0.05) is 37.8 Å². The molecule has 2 aliphatic heterocycles. The Morgan fingerprint density at radius 2 is 2.03 bits per heavy atom. The molecule has 0 saturated carbocycles. The zero-order valence-electron chi connectivity index (χ0n) is 18.7. The molecule has 0 bridgehead atoms. The first-order valence-corrected chi connectivity index (χ1v) is 10.9. The molecular formula is C23H37IN4O2. The molecule has 2 unspecified atom stereocenters. The summed E-state index contributed by atoms with van der Waals surface area (Å²) in [5, 5.41) is 6.71. The number of nitrogens with one attached hydrogen (secondary N) is 2.